The van der Waals surface area contributed by atoms with Gasteiger partial charge in [0.2, 0.25) is 5.91 Å². The van der Waals surface area contributed by atoms with Crippen LogP contribution in [0.1, 0.15) is 62.0 Å². The molecule has 0 spiro atoms. The maximum absolute atomic E-state index is 13.8. The van der Waals surface area contributed by atoms with Gasteiger partial charge in [0, 0.05) is 17.8 Å². The van der Waals surface area contributed by atoms with Crippen LogP contribution in [0.3, 0.4) is 0 Å². The van der Waals surface area contributed by atoms with Crippen molar-refractivity contribution in [2.45, 2.75) is 58.9 Å². The van der Waals surface area contributed by atoms with Crippen molar-refractivity contribution in [2.24, 2.45) is 5.92 Å². The SMILES string of the molecule is CCc1ccccc1N1C(=O)c2ccccc2CCC1(C)C(=O)NCCC(C)C. The van der Waals surface area contributed by atoms with Crippen LogP contribution in [0, 0.1) is 5.92 Å². The van der Waals surface area contributed by atoms with Crippen LogP contribution in [0.25, 0.3) is 0 Å². The van der Waals surface area contributed by atoms with E-state index in [0.29, 0.717) is 30.9 Å². The molecule has 3 rings (SSSR count). The summed E-state index contributed by atoms with van der Waals surface area (Å²) in [7, 11) is 0. The lowest BCUT2D eigenvalue weighted by Gasteiger charge is -2.40. The summed E-state index contributed by atoms with van der Waals surface area (Å²) in [6.45, 7) is 8.90. The molecule has 0 fully saturated rings. The first-order valence-corrected chi connectivity index (χ1v) is 10.7. The van der Waals surface area contributed by atoms with Gasteiger partial charge in [-0.05, 0) is 61.8 Å². The lowest BCUT2D eigenvalue weighted by Crippen LogP contribution is -2.59. The average Bonchev–Trinajstić information content (AvgIpc) is 2.83. The van der Waals surface area contributed by atoms with Gasteiger partial charge in [-0.2, -0.15) is 0 Å². The largest absolute Gasteiger partial charge is 0.354 e. The number of aryl methyl sites for hydroxylation is 2. The third kappa shape index (κ3) is 4.21. The first kappa shape index (κ1) is 21.1. The Bertz CT molecular complexity index is 890. The molecule has 0 saturated heterocycles. The predicted molar refractivity (Wildman–Crippen MR) is 118 cm³/mol. The molecule has 0 bridgehead atoms. The maximum Gasteiger partial charge on any atom is 0.259 e. The van der Waals surface area contributed by atoms with Gasteiger partial charge in [0.25, 0.3) is 5.91 Å². The molecule has 1 N–H and O–H groups in total. The van der Waals surface area contributed by atoms with E-state index in [4.69, 9.17) is 0 Å². The van der Waals surface area contributed by atoms with E-state index in [0.717, 1.165) is 29.7 Å². The smallest absolute Gasteiger partial charge is 0.259 e. The summed E-state index contributed by atoms with van der Waals surface area (Å²) < 4.78 is 0. The number of amides is 2. The molecule has 1 aliphatic rings. The van der Waals surface area contributed by atoms with E-state index in [9.17, 15) is 9.59 Å². The Kier molecular flexibility index (Phi) is 6.41. The molecule has 154 valence electrons. The molecule has 4 nitrogen and oxygen atoms in total. The van der Waals surface area contributed by atoms with Crippen LogP contribution < -0.4 is 10.2 Å². The lowest BCUT2D eigenvalue weighted by atomic mass is 9.90. The van der Waals surface area contributed by atoms with Crippen LogP contribution in [-0.4, -0.2) is 23.9 Å². The highest BCUT2D eigenvalue weighted by molar-refractivity contribution is 6.13. The number of hydrogen-bond acceptors (Lipinski definition) is 2. The average molecular weight is 393 g/mol. The van der Waals surface area contributed by atoms with E-state index in [1.807, 2.05) is 55.5 Å². The van der Waals surface area contributed by atoms with Gasteiger partial charge in [-0.25, -0.2) is 0 Å². The van der Waals surface area contributed by atoms with Gasteiger partial charge in [-0.15, -0.1) is 0 Å². The molecule has 4 heteroatoms. The molecule has 0 aliphatic carbocycles. The Balaban J connectivity index is 2.08. The van der Waals surface area contributed by atoms with Crippen molar-refractivity contribution in [3.05, 3.63) is 65.2 Å². The van der Waals surface area contributed by atoms with Crippen LogP contribution in [0.2, 0.25) is 0 Å². The molecular weight excluding hydrogens is 360 g/mol. The highest BCUT2D eigenvalue weighted by Crippen LogP contribution is 2.36. The molecule has 1 unspecified atom stereocenters. The minimum atomic E-state index is -0.946. The standard InChI is InChI=1S/C25H32N2O2/c1-5-19-10-7-9-13-22(19)27-23(28)21-12-8-6-11-20(21)14-16-25(27,4)24(29)26-17-15-18(2)3/h6-13,18H,5,14-17H2,1-4H3,(H,26,29). The van der Waals surface area contributed by atoms with Crippen molar-refractivity contribution >= 4 is 17.5 Å². The Morgan fingerprint density at radius 3 is 2.55 bits per heavy atom. The Labute approximate surface area is 174 Å². The van der Waals surface area contributed by atoms with E-state index in [1.165, 1.54) is 0 Å². The number of hydrogen-bond donors (Lipinski definition) is 1. The molecule has 1 atom stereocenters. The zero-order chi connectivity index (χ0) is 21.0. The summed E-state index contributed by atoms with van der Waals surface area (Å²) in [5.74, 6) is 0.339. The minimum Gasteiger partial charge on any atom is -0.354 e. The molecule has 1 heterocycles. The monoisotopic (exact) mass is 392 g/mol. The Morgan fingerprint density at radius 1 is 1.14 bits per heavy atom. The number of nitrogens with zero attached hydrogens (tertiary/aromatic N) is 1. The van der Waals surface area contributed by atoms with Gasteiger partial charge in [-0.3, -0.25) is 14.5 Å². The van der Waals surface area contributed by atoms with Gasteiger partial charge in [-0.1, -0.05) is 57.2 Å². The van der Waals surface area contributed by atoms with Crippen LogP contribution in [0.15, 0.2) is 48.5 Å². The number of benzene rings is 2. The molecule has 2 aromatic rings. The van der Waals surface area contributed by atoms with E-state index in [1.54, 1.807) is 4.90 Å². The van der Waals surface area contributed by atoms with Gasteiger partial charge in [0.05, 0.1) is 0 Å². The fraction of sp³-hybridized carbons (Fsp3) is 0.440. The number of carbonyl (C=O) groups excluding carboxylic acids is 2. The van der Waals surface area contributed by atoms with Gasteiger partial charge in [0.15, 0.2) is 0 Å². The van der Waals surface area contributed by atoms with Crippen molar-refractivity contribution in [3.8, 4) is 0 Å². The third-order valence-corrected chi connectivity index (χ3v) is 5.94. The van der Waals surface area contributed by atoms with E-state index >= 15 is 0 Å². The van der Waals surface area contributed by atoms with Gasteiger partial charge in [0.1, 0.15) is 5.54 Å². The zero-order valence-electron chi connectivity index (χ0n) is 18.0. The minimum absolute atomic E-state index is 0.0785. The zero-order valence-corrected chi connectivity index (χ0v) is 18.0. The quantitative estimate of drug-likeness (QED) is 0.770. The summed E-state index contributed by atoms with van der Waals surface area (Å²) in [6.07, 6.45) is 3.00. The van der Waals surface area contributed by atoms with Gasteiger partial charge < -0.3 is 5.32 Å². The first-order valence-electron chi connectivity index (χ1n) is 10.7. The number of nitrogens with one attached hydrogen (secondary N) is 1. The Morgan fingerprint density at radius 2 is 1.83 bits per heavy atom. The van der Waals surface area contributed by atoms with Crippen LogP contribution >= 0.6 is 0 Å². The summed E-state index contributed by atoms with van der Waals surface area (Å²) in [4.78, 5) is 28.9. The number of fused-ring (bicyclic) bond motifs is 1. The summed E-state index contributed by atoms with van der Waals surface area (Å²) in [6, 6.07) is 15.7. The topological polar surface area (TPSA) is 49.4 Å². The highest BCUT2D eigenvalue weighted by atomic mass is 16.2. The number of rotatable bonds is 6. The van der Waals surface area contributed by atoms with E-state index < -0.39 is 5.54 Å². The molecule has 0 aromatic heterocycles. The van der Waals surface area contributed by atoms with Gasteiger partial charge >= 0.3 is 0 Å². The first-order chi connectivity index (χ1) is 13.9. The van der Waals surface area contributed by atoms with E-state index in [-0.39, 0.29) is 11.8 Å². The predicted octanol–water partition coefficient (Wildman–Crippen LogP) is 4.76. The van der Waals surface area contributed by atoms with E-state index in [2.05, 4.69) is 26.1 Å². The second kappa shape index (κ2) is 8.81. The van der Waals surface area contributed by atoms with Crippen LogP contribution in [0.5, 0.6) is 0 Å². The molecular formula is C25H32N2O2. The number of para-hydroxylation sites is 1. The fourth-order valence-corrected chi connectivity index (χ4v) is 4.06. The Hall–Kier alpha value is -2.62. The second-order valence-electron chi connectivity index (χ2n) is 8.49. The van der Waals surface area contributed by atoms with Crippen LogP contribution in [0.4, 0.5) is 5.69 Å². The summed E-state index contributed by atoms with van der Waals surface area (Å²) >= 11 is 0. The molecule has 2 amide bonds. The van der Waals surface area contributed by atoms with Crippen molar-refractivity contribution in [3.63, 3.8) is 0 Å². The molecule has 0 radical (unpaired) electrons. The normalized spacial score (nSPS) is 19.1. The number of anilines is 1. The second-order valence-corrected chi connectivity index (χ2v) is 8.49. The van der Waals surface area contributed by atoms with Crippen molar-refractivity contribution in [1.82, 2.24) is 5.32 Å². The van der Waals surface area contributed by atoms with Crippen molar-refractivity contribution < 1.29 is 9.59 Å². The van der Waals surface area contributed by atoms with Crippen LogP contribution in [-0.2, 0) is 17.6 Å². The molecule has 1 aliphatic heterocycles. The van der Waals surface area contributed by atoms with Crippen molar-refractivity contribution in [2.75, 3.05) is 11.4 Å². The highest BCUT2D eigenvalue weighted by Gasteiger charge is 2.45. The summed E-state index contributed by atoms with van der Waals surface area (Å²) in [5, 5.41) is 3.10. The molecule has 2 aromatic carbocycles. The van der Waals surface area contributed by atoms with Crippen molar-refractivity contribution in [1.29, 1.82) is 0 Å². The third-order valence-electron chi connectivity index (χ3n) is 5.94. The fourth-order valence-electron chi connectivity index (χ4n) is 4.06. The summed E-state index contributed by atoms with van der Waals surface area (Å²) in [5.41, 5.74) is 2.66. The molecule has 0 saturated carbocycles. The number of carbonyl (C=O) groups is 2. The molecule has 29 heavy (non-hydrogen) atoms. The lowest BCUT2D eigenvalue weighted by molar-refractivity contribution is -0.126. The maximum atomic E-state index is 13.8.